The highest BCUT2D eigenvalue weighted by molar-refractivity contribution is 7.81. The number of benzene rings is 2. The van der Waals surface area contributed by atoms with E-state index in [1.165, 1.54) is 0 Å². The quantitative estimate of drug-likeness (QED) is 0.254. The van der Waals surface area contributed by atoms with E-state index in [4.69, 9.17) is 11.1 Å². The van der Waals surface area contributed by atoms with Crippen molar-refractivity contribution in [3.8, 4) is 11.1 Å². The maximum atomic E-state index is 7.17. The van der Waals surface area contributed by atoms with Crippen molar-refractivity contribution < 1.29 is 0 Å². The van der Waals surface area contributed by atoms with Crippen LogP contribution >= 0.6 is 12.6 Å². The molecule has 0 heterocycles. The Balaban J connectivity index is 2.14. The largest absolute Gasteiger partial charge is 0.371 e. The van der Waals surface area contributed by atoms with E-state index in [9.17, 15) is 0 Å². The number of guanidine groups is 1. The van der Waals surface area contributed by atoms with Crippen molar-refractivity contribution in [1.82, 2.24) is 5.32 Å². The van der Waals surface area contributed by atoms with Crippen molar-refractivity contribution in [3.05, 3.63) is 54.1 Å². The summed E-state index contributed by atoms with van der Waals surface area (Å²) in [5.74, 6) is -0.0165. The normalized spacial score (nSPS) is 11.0. The molecule has 0 aliphatic carbocycles. The first kappa shape index (κ1) is 16.2. The average molecular weight is 314 g/mol. The lowest BCUT2D eigenvalue weighted by molar-refractivity contribution is 0.831. The van der Waals surface area contributed by atoms with Gasteiger partial charge in [-0.05, 0) is 42.7 Å². The van der Waals surface area contributed by atoms with Crippen molar-refractivity contribution in [3.63, 3.8) is 0 Å². The summed E-state index contributed by atoms with van der Waals surface area (Å²) >= 11 is 4.50. The molecule has 0 saturated carbocycles. The number of rotatable bonds is 5. The summed E-state index contributed by atoms with van der Waals surface area (Å²) in [4.78, 5) is -0.263. The molecule has 116 valence electrons. The number of hydrogen-bond acceptors (Lipinski definition) is 3. The zero-order chi connectivity index (χ0) is 16.2. The fraction of sp³-hybridized carbons (Fsp3) is 0.235. The van der Waals surface area contributed by atoms with Gasteiger partial charge < -0.3 is 16.4 Å². The van der Waals surface area contributed by atoms with Crippen LogP contribution in [0.4, 0.5) is 5.69 Å². The zero-order valence-electron chi connectivity index (χ0n) is 12.9. The molecular weight excluding hydrogens is 292 g/mol. The molecule has 0 spiro atoms. The van der Waals surface area contributed by atoms with Gasteiger partial charge in [0.2, 0.25) is 0 Å². The number of hydrogen-bond donors (Lipinski definition) is 5. The van der Waals surface area contributed by atoms with E-state index in [0.717, 1.165) is 22.4 Å². The molecular formula is C17H22N4S. The smallest absolute Gasteiger partial charge is 0.185 e. The van der Waals surface area contributed by atoms with Crippen LogP contribution in [-0.4, -0.2) is 10.8 Å². The van der Waals surface area contributed by atoms with Crippen molar-refractivity contribution in [2.45, 2.75) is 25.3 Å². The zero-order valence-corrected chi connectivity index (χ0v) is 13.7. The van der Waals surface area contributed by atoms with Crippen molar-refractivity contribution >= 4 is 24.3 Å². The molecule has 0 bridgehead atoms. The maximum Gasteiger partial charge on any atom is 0.185 e. The van der Waals surface area contributed by atoms with E-state index >= 15 is 0 Å². The molecule has 0 aliphatic rings. The van der Waals surface area contributed by atoms with Gasteiger partial charge in [0.15, 0.2) is 5.96 Å². The van der Waals surface area contributed by atoms with Gasteiger partial charge in [-0.15, -0.1) is 0 Å². The van der Waals surface area contributed by atoms with Crippen LogP contribution in [0, 0.1) is 5.41 Å². The third kappa shape index (κ3) is 5.00. The van der Waals surface area contributed by atoms with Gasteiger partial charge in [0, 0.05) is 12.2 Å². The first-order chi connectivity index (χ1) is 10.3. The van der Waals surface area contributed by atoms with Crippen LogP contribution < -0.4 is 16.4 Å². The molecule has 0 atom stereocenters. The van der Waals surface area contributed by atoms with Crippen molar-refractivity contribution in [2.24, 2.45) is 5.73 Å². The summed E-state index contributed by atoms with van der Waals surface area (Å²) in [7, 11) is 0. The Morgan fingerprint density at radius 2 is 1.82 bits per heavy atom. The lowest BCUT2D eigenvalue weighted by Gasteiger charge is -2.21. The van der Waals surface area contributed by atoms with Crippen LogP contribution in [0.1, 0.15) is 19.4 Å². The molecule has 0 aliphatic heterocycles. The summed E-state index contributed by atoms with van der Waals surface area (Å²) in [6, 6.07) is 16.5. The fourth-order valence-corrected chi connectivity index (χ4v) is 2.27. The first-order valence-corrected chi connectivity index (χ1v) is 7.56. The van der Waals surface area contributed by atoms with Crippen molar-refractivity contribution in [2.75, 3.05) is 5.32 Å². The lowest BCUT2D eigenvalue weighted by Crippen LogP contribution is -2.29. The number of nitrogens with one attached hydrogen (secondary N) is 3. The minimum Gasteiger partial charge on any atom is -0.371 e. The van der Waals surface area contributed by atoms with Gasteiger partial charge in [-0.1, -0.05) is 36.4 Å². The Morgan fingerprint density at radius 3 is 2.41 bits per heavy atom. The second-order valence-corrected chi connectivity index (χ2v) is 6.85. The van der Waals surface area contributed by atoms with E-state index in [2.05, 4.69) is 47.5 Å². The number of thiol groups is 1. The third-order valence-corrected chi connectivity index (χ3v) is 3.19. The predicted octanol–water partition coefficient (Wildman–Crippen LogP) is 3.41. The molecule has 2 rings (SSSR count). The van der Waals surface area contributed by atoms with Crippen LogP contribution in [0.3, 0.4) is 0 Å². The van der Waals surface area contributed by atoms with Crippen molar-refractivity contribution in [1.29, 1.82) is 5.41 Å². The number of nitrogens with two attached hydrogens (primary N) is 1. The first-order valence-electron chi connectivity index (χ1n) is 7.11. The molecule has 5 N–H and O–H groups in total. The number of anilines is 1. The second kappa shape index (κ2) is 6.75. The van der Waals surface area contributed by atoms with Gasteiger partial charge in [-0.2, -0.15) is 12.6 Å². The van der Waals surface area contributed by atoms with Gasteiger partial charge in [-0.3, -0.25) is 5.41 Å². The minimum atomic E-state index is -0.263. The highest BCUT2D eigenvalue weighted by Gasteiger charge is 2.10. The molecule has 0 fully saturated rings. The van der Waals surface area contributed by atoms with E-state index in [1.54, 1.807) is 0 Å². The summed E-state index contributed by atoms with van der Waals surface area (Å²) in [5.41, 5.74) is 9.71. The Bertz CT molecular complexity index is 644. The molecule has 0 amide bonds. The topological polar surface area (TPSA) is 73.9 Å². The Hall–Kier alpha value is -2.14. The van der Waals surface area contributed by atoms with Gasteiger partial charge >= 0.3 is 0 Å². The molecule has 2 aromatic rings. The average Bonchev–Trinajstić information content (AvgIpc) is 2.44. The van der Waals surface area contributed by atoms with Crippen LogP contribution in [0.5, 0.6) is 0 Å². The van der Waals surface area contributed by atoms with Crippen LogP contribution in [0.15, 0.2) is 48.5 Å². The molecule has 4 nitrogen and oxygen atoms in total. The third-order valence-electron chi connectivity index (χ3n) is 3.08. The Morgan fingerprint density at radius 1 is 1.14 bits per heavy atom. The standard InChI is InChI=1S/C17H22N4S/c1-17(2,22)21-15-5-3-4-14(10-15)13-8-6-12(7-9-13)11-20-16(18)19/h3-10,21-22H,11H2,1-2H3,(H4,18,19,20). The van der Waals surface area contributed by atoms with E-state index in [-0.39, 0.29) is 10.8 Å². The minimum absolute atomic E-state index is 0.0165. The van der Waals surface area contributed by atoms with Gasteiger partial charge in [0.05, 0.1) is 4.87 Å². The Labute approximate surface area is 137 Å². The molecule has 0 saturated heterocycles. The molecule has 0 unspecified atom stereocenters. The summed E-state index contributed by atoms with van der Waals surface area (Å²) in [6.45, 7) is 4.59. The molecule has 2 aromatic carbocycles. The Kier molecular flexibility index (Phi) is 4.98. The van der Waals surface area contributed by atoms with Gasteiger partial charge in [-0.25, -0.2) is 0 Å². The highest BCUT2D eigenvalue weighted by Crippen LogP contribution is 2.25. The molecule has 22 heavy (non-hydrogen) atoms. The molecule has 0 radical (unpaired) electrons. The highest BCUT2D eigenvalue weighted by atomic mass is 32.1. The molecule has 5 heteroatoms. The van der Waals surface area contributed by atoms with E-state index in [0.29, 0.717) is 6.54 Å². The van der Waals surface area contributed by atoms with Crippen LogP contribution in [0.25, 0.3) is 11.1 Å². The van der Waals surface area contributed by atoms with Crippen LogP contribution in [0.2, 0.25) is 0 Å². The fourth-order valence-electron chi connectivity index (χ4n) is 2.14. The van der Waals surface area contributed by atoms with Crippen LogP contribution in [-0.2, 0) is 6.54 Å². The molecule has 0 aromatic heterocycles. The van der Waals surface area contributed by atoms with Gasteiger partial charge in [0.1, 0.15) is 0 Å². The lowest BCUT2D eigenvalue weighted by atomic mass is 10.0. The monoisotopic (exact) mass is 314 g/mol. The van der Waals surface area contributed by atoms with E-state index < -0.39 is 0 Å². The summed E-state index contributed by atoms with van der Waals surface area (Å²) in [6.07, 6.45) is 0. The predicted molar refractivity (Wildman–Crippen MR) is 97.3 cm³/mol. The van der Waals surface area contributed by atoms with Gasteiger partial charge in [0.25, 0.3) is 0 Å². The second-order valence-electron chi connectivity index (χ2n) is 5.73. The maximum absolute atomic E-state index is 7.17. The summed E-state index contributed by atoms with van der Waals surface area (Å²) in [5, 5.41) is 13.3. The summed E-state index contributed by atoms with van der Waals surface area (Å²) < 4.78 is 0. The van der Waals surface area contributed by atoms with E-state index in [1.807, 2.05) is 38.1 Å². The SMILES string of the molecule is CC(C)(S)Nc1cccc(-c2ccc(CNC(=N)N)cc2)c1.